The van der Waals surface area contributed by atoms with Crippen LogP contribution in [0, 0.1) is 11.6 Å². The van der Waals surface area contributed by atoms with Gasteiger partial charge in [-0.1, -0.05) is 12.2 Å². The van der Waals surface area contributed by atoms with Gasteiger partial charge in [-0.25, -0.2) is 8.78 Å². The summed E-state index contributed by atoms with van der Waals surface area (Å²) >= 11 is 0. The molecular weight excluding hydrogens is 230 g/mol. The number of rotatable bonds is 4. The highest BCUT2D eigenvalue weighted by Crippen LogP contribution is 2.15. The third kappa shape index (κ3) is 3.48. The average Bonchev–Trinajstić information content (AvgIpc) is 2.32. The zero-order valence-corrected chi connectivity index (χ0v) is 9.07. The van der Waals surface area contributed by atoms with Crippen molar-refractivity contribution in [1.82, 2.24) is 0 Å². The van der Waals surface area contributed by atoms with Gasteiger partial charge in [-0.05, 0) is 12.1 Å². The number of aldehydes is 1. The lowest BCUT2D eigenvalue weighted by molar-refractivity contribution is -0.139. The van der Waals surface area contributed by atoms with Crippen LogP contribution in [0.2, 0.25) is 0 Å². The van der Waals surface area contributed by atoms with Crippen LogP contribution in [0.1, 0.15) is 22.3 Å². The maximum atomic E-state index is 13.3. The summed E-state index contributed by atoms with van der Waals surface area (Å²) in [6, 6.07) is 1.70. The van der Waals surface area contributed by atoms with Crippen molar-refractivity contribution in [3.8, 4) is 0 Å². The van der Waals surface area contributed by atoms with Crippen LogP contribution in [0.15, 0.2) is 18.2 Å². The molecular formula is C12H10F2O3. The Morgan fingerprint density at radius 2 is 1.88 bits per heavy atom. The minimum absolute atomic E-state index is 0.0306. The van der Waals surface area contributed by atoms with E-state index in [0.717, 1.165) is 12.1 Å². The Bertz CT molecular complexity index is 467. The van der Waals surface area contributed by atoms with Gasteiger partial charge in [0.05, 0.1) is 19.1 Å². The molecule has 0 N–H and O–H groups in total. The van der Waals surface area contributed by atoms with Crippen molar-refractivity contribution in [3.63, 3.8) is 0 Å². The summed E-state index contributed by atoms with van der Waals surface area (Å²) in [6.07, 6.45) is 2.81. The molecule has 90 valence electrons. The second-order valence-electron chi connectivity index (χ2n) is 3.20. The van der Waals surface area contributed by atoms with E-state index in [1.165, 1.54) is 19.3 Å². The molecule has 0 heterocycles. The Hall–Kier alpha value is -2.04. The zero-order chi connectivity index (χ0) is 12.8. The lowest BCUT2D eigenvalue weighted by Gasteiger charge is -2.00. The molecule has 0 fully saturated rings. The van der Waals surface area contributed by atoms with E-state index in [1.54, 1.807) is 0 Å². The van der Waals surface area contributed by atoms with Gasteiger partial charge in [0.2, 0.25) is 0 Å². The summed E-state index contributed by atoms with van der Waals surface area (Å²) in [7, 11) is 1.23. The predicted molar refractivity (Wildman–Crippen MR) is 57.4 cm³/mol. The van der Waals surface area contributed by atoms with Crippen LogP contribution in [-0.2, 0) is 9.53 Å². The first kappa shape index (κ1) is 13.0. The molecule has 0 atom stereocenters. The first-order valence-electron chi connectivity index (χ1n) is 4.76. The summed E-state index contributed by atoms with van der Waals surface area (Å²) in [5, 5.41) is 0. The molecule has 0 spiro atoms. The molecule has 0 radical (unpaired) electrons. The molecule has 17 heavy (non-hydrogen) atoms. The van der Waals surface area contributed by atoms with Crippen LogP contribution in [0.3, 0.4) is 0 Å². The Morgan fingerprint density at radius 1 is 1.29 bits per heavy atom. The van der Waals surface area contributed by atoms with Crippen molar-refractivity contribution < 1.29 is 23.1 Å². The number of hydrogen-bond donors (Lipinski definition) is 0. The molecule has 0 saturated carbocycles. The predicted octanol–water partition coefficient (Wildman–Crippen LogP) is 2.35. The monoisotopic (exact) mass is 240 g/mol. The molecule has 3 nitrogen and oxygen atoms in total. The van der Waals surface area contributed by atoms with Crippen molar-refractivity contribution in [1.29, 1.82) is 0 Å². The number of halogens is 2. The number of benzene rings is 1. The van der Waals surface area contributed by atoms with E-state index in [9.17, 15) is 18.4 Å². The van der Waals surface area contributed by atoms with Crippen molar-refractivity contribution in [2.45, 2.75) is 6.42 Å². The summed E-state index contributed by atoms with van der Waals surface area (Å²) < 4.78 is 30.9. The molecule has 0 aliphatic carbocycles. The number of carbonyl (C=O) groups is 2. The zero-order valence-electron chi connectivity index (χ0n) is 9.07. The van der Waals surface area contributed by atoms with E-state index in [1.807, 2.05) is 0 Å². The van der Waals surface area contributed by atoms with Gasteiger partial charge in [-0.15, -0.1) is 0 Å². The van der Waals surface area contributed by atoms with Crippen LogP contribution in [0.25, 0.3) is 6.08 Å². The quantitative estimate of drug-likeness (QED) is 0.599. The summed E-state index contributed by atoms with van der Waals surface area (Å²) in [6.45, 7) is 0. The molecule has 0 unspecified atom stereocenters. The minimum Gasteiger partial charge on any atom is -0.469 e. The fraction of sp³-hybridized carbons (Fsp3) is 0.167. The standard InChI is InChI=1S/C12H10F2O3/c1-17-12(16)4-2-3-8-5-11(14)9(7-15)6-10(8)13/h2-3,5-7H,4H2,1H3. The largest absolute Gasteiger partial charge is 0.469 e. The Kier molecular flexibility index (Phi) is 4.51. The molecule has 1 aromatic carbocycles. The fourth-order valence-corrected chi connectivity index (χ4v) is 1.16. The number of ether oxygens (including phenoxy) is 1. The maximum absolute atomic E-state index is 13.3. The van der Waals surface area contributed by atoms with Crippen molar-refractivity contribution in [2.24, 2.45) is 0 Å². The van der Waals surface area contributed by atoms with E-state index >= 15 is 0 Å². The van der Waals surface area contributed by atoms with Crippen LogP contribution < -0.4 is 0 Å². The maximum Gasteiger partial charge on any atom is 0.309 e. The fourth-order valence-electron chi connectivity index (χ4n) is 1.16. The summed E-state index contributed by atoms with van der Waals surface area (Å²) in [5.74, 6) is -2.01. The van der Waals surface area contributed by atoms with Gasteiger partial charge in [-0.2, -0.15) is 0 Å². The van der Waals surface area contributed by atoms with Crippen molar-refractivity contribution in [2.75, 3.05) is 7.11 Å². The van der Waals surface area contributed by atoms with Gasteiger partial charge in [0, 0.05) is 5.56 Å². The van der Waals surface area contributed by atoms with Gasteiger partial charge in [0.1, 0.15) is 11.6 Å². The molecule has 0 amide bonds. The third-order valence-corrected chi connectivity index (χ3v) is 2.05. The van der Waals surface area contributed by atoms with Gasteiger partial charge >= 0.3 is 5.97 Å². The lowest BCUT2D eigenvalue weighted by Crippen LogP contribution is -1.97. The number of esters is 1. The van der Waals surface area contributed by atoms with Crippen LogP contribution >= 0.6 is 0 Å². The Balaban J connectivity index is 2.88. The third-order valence-electron chi connectivity index (χ3n) is 2.05. The second-order valence-corrected chi connectivity index (χ2v) is 3.20. The van der Waals surface area contributed by atoms with Gasteiger partial charge in [0.15, 0.2) is 6.29 Å². The normalized spacial score (nSPS) is 10.5. The van der Waals surface area contributed by atoms with Crippen molar-refractivity contribution >= 4 is 18.3 Å². The molecule has 0 aromatic heterocycles. The molecule has 0 aliphatic rings. The smallest absolute Gasteiger partial charge is 0.309 e. The van der Waals surface area contributed by atoms with Gasteiger partial charge in [-0.3, -0.25) is 9.59 Å². The number of hydrogen-bond acceptors (Lipinski definition) is 3. The first-order valence-corrected chi connectivity index (χ1v) is 4.76. The molecule has 0 bridgehead atoms. The highest BCUT2D eigenvalue weighted by molar-refractivity contribution is 5.76. The van der Waals surface area contributed by atoms with E-state index in [4.69, 9.17) is 0 Å². The van der Waals surface area contributed by atoms with E-state index in [0.29, 0.717) is 0 Å². The number of methoxy groups -OCH3 is 1. The molecule has 0 saturated heterocycles. The first-order chi connectivity index (χ1) is 8.08. The highest BCUT2D eigenvalue weighted by Gasteiger charge is 2.07. The Morgan fingerprint density at radius 3 is 2.47 bits per heavy atom. The molecule has 0 aliphatic heterocycles. The van der Waals surface area contributed by atoms with E-state index in [2.05, 4.69) is 4.74 Å². The van der Waals surface area contributed by atoms with Crippen molar-refractivity contribution in [3.05, 3.63) is 41.0 Å². The van der Waals surface area contributed by atoms with Crippen LogP contribution in [-0.4, -0.2) is 19.4 Å². The average molecular weight is 240 g/mol. The molecule has 1 rings (SSSR count). The van der Waals surface area contributed by atoms with Gasteiger partial charge in [0.25, 0.3) is 0 Å². The molecule has 1 aromatic rings. The summed E-state index contributed by atoms with van der Waals surface area (Å²) in [4.78, 5) is 21.1. The Labute approximate surface area is 96.7 Å². The lowest BCUT2D eigenvalue weighted by atomic mass is 10.1. The van der Waals surface area contributed by atoms with E-state index < -0.39 is 17.6 Å². The molecule has 5 heteroatoms. The van der Waals surface area contributed by atoms with E-state index in [-0.39, 0.29) is 23.8 Å². The number of carbonyl (C=O) groups excluding carboxylic acids is 2. The SMILES string of the molecule is COC(=O)CC=Cc1cc(F)c(C=O)cc1F. The van der Waals surface area contributed by atoms with Gasteiger partial charge < -0.3 is 4.74 Å². The van der Waals surface area contributed by atoms with Crippen LogP contribution in [0.4, 0.5) is 8.78 Å². The highest BCUT2D eigenvalue weighted by atomic mass is 19.1. The summed E-state index contributed by atoms with van der Waals surface area (Å²) in [5.41, 5.74) is -0.371. The van der Waals surface area contributed by atoms with Crippen LogP contribution in [0.5, 0.6) is 0 Å². The second kappa shape index (κ2) is 5.89. The topological polar surface area (TPSA) is 43.4 Å². The minimum atomic E-state index is -0.806.